The Balaban J connectivity index is 1.67. The van der Waals surface area contributed by atoms with E-state index in [1.807, 2.05) is 13.8 Å². The lowest BCUT2D eigenvalue weighted by Gasteiger charge is -2.23. The van der Waals surface area contributed by atoms with Gasteiger partial charge >= 0.3 is 0 Å². The van der Waals surface area contributed by atoms with Gasteiger partial charge in [0.15, 0.2) is 15.7 Å². The molecule has 0 spiro atoms. The Morgan fingerprint density at radius 1 is 1.11 bits per heavy atom. The number of fused-ring (bicyclic) bond motifs is 1. The van der Waals surface area contributed by atoms with Gasteiger partial charge in [-0.3, -0.25) is 5.10 Å². The number of hydrogen-bond acceptors (Lipinski definition) is 8. The lowest BCUT2D eigenvalue weighted by atomic mass is 9.93. The maximum atomic E-state index is 13.6. The van der Waals surface area contributed by atoms with Gasteiger partial charge in [0.2, 0.25) is 0 Å². The van der Waals surface area contributed by atoms with E-state index >= 15 is 0 Å². The average molecular weight is 501 g/mol. The lowest BCUT2D eigenvalue weighted by Crippen LogP contribution is -2.28. The molecule has 0 unspecified atom stereocenters. The molecule has 0 saturated carbocycles. The number of ether oxygens (including phenoxy) is 1. The van der Waals surface area contributed by atoms with Gasteiger partial charge in [-0.1, -0.05) is 0 Å². The summed E-state index contributed by atoms with van der Waals surface area (Å²) in [5.41, 5.74) is 2.52. The zero-order chi connectivity index (χ0) is 25.2. The van der Waals surface area contributed by atoms with E-state index in [2.05, 4.69) is 30.8 Å². The number of rotatable bonds is 8. The van der Waals surface area contributed by atoms with E-state index in [9.17, 15) is 8.42 Å². The zero-order valence-corrected chi connectivity index (χ0v) is 22.1. The van der Waals surface area contributed by atoms with Gasteiger partial charge in [-0.2, -0.15) is 5.10 Å². The molecular weight excluding hydrogens is 464 g/mol. The van der Waals surface area contributed by atoms with E-state index in [0.717, 1.165) is 37.2 Å². The molecule has 3 N–H and O–H groups in total. The predicted octanol–water partition coefficient (Wildman–Crippen LogP) is 4.44. The third-order valence-corrected chi connectivity index (χ3v) is 9.27. The highest BCUT2D eigenvalue weighted by Crippen LogP contribution is 2.37. The second-order valence-electron chi connectivity index (χ2n) is 10.3. The summed E-state index contributed by atoms with van der Waals surface area (Å²) in [6.45, 7) is 11.6. The molecular formula is C25H36N6O3S. The summed E-state index contributed by atoms with van der Waals surface area (Å²) in [5, 5.41) is 14.4. The SMILES string of the molecule is Cc1[nH]nc(Nc2ncnc3cc(OCCCC4CCNCC4)c(S(=O)(=O)C(C)(C)C)cc23)c1C. The van der Waals surface area contributed by atoms with E-state index in [-0.39, 0.29) is 4.90 Å². The van der Waals surface area contributed by atoms with Crippen molar-refractivity contribution in [2.45, 2.75) is 69.9 Å². The third-order valence-electron chi connectivity index (χ3n) is 6.76. The molecule has 0 aliphatic carbocycles. The highest BCUT2D eigenvalue weighted by molar-refractivity contribution is 7.92. The summed E-state index contributed by atoms with van der Waals surface area (Å²) >= 11 is 0. The van der Waals surface area contributed by atoms with Crippen molar-refractivity contribution in [1.29, 1.82) is 0 Å². The number of aromatic amines is 1. The summed E-state index contributed by atoms with van der Waals surface area (Å²) in [4.78, 5) is 8.93. The van der Waals surface area contributed by atoms with Crippen molar-refractivity contribution in [3.05, 3.63) is 29.7 Å². The van der Waals surface area contributed by atoms with Crippen molar-refractivity contribution in [2.75, 3.05) is 25.0 Å². The molecule has 0 radical (unpaired) electrons. The van der Waals surface area contributed by atoms with Crippen molar-refractivity contribution in [1.82, 2.24) is 25.5 Å². The number of sulfone groups is 1. The van der Waals surface area contributed by atoms with Crippen LogP contribution < -0.4 is 15.4 Å². The van der Waals surface area contributed by atoms with Crippen LogP contribution in [0.25, 0.3) is 10.9 Å². The van der Waals surface area contributed by atoms with Gasteiger partial charge in [0.05, 0.1) is 16.9 Å². The van der Waals surface area contributed by atoms with Crippen molar-refractivity contribution >= 4 is 32.4 Å². The molecule has 4 rings (SSSR count). The topological polar surface area (TPSA) is 122 Å². The minimum atomic E-state index is -3.69. The molecule has 190 valence electrons. The van der Waals surface area contributed by atoms with Gasteiger partial charge in [-0.25, -0.2) is 18.4 Å². The van der Waals surface area contributed by atoms with Crippen LogP contribution in [0.5, 0.6) is 5.75 Å². The van der Waals surface area contributed by atoms with Gasteiger partial charge in [-0.05, 0) is 85.4 Å². The number of benzene rings is 1. The highest BCUT2D eigenvalue weighted by atomic mass is 32.2. The molecule has 0 atom stereocenters. The monoisotopic (exact) mass is 500 g/mol. The molecule has 0 bridgehead atoms. The first kappa shape index (κ1) is 25.4. The van der Waals surface area contributed by atoms with Crippen LogP contribution >= 0.6 is 0 Å². The summed E-state index contributed by atoms with van der Waals surface area (Å²) in [7, 11) is -3.69. The predicted molar refractivity (Wildman–Crippen MR) is 138 cm³/mol. The fraction of sp³-hybridized carbons (Fsp3) is 0.560. The number of piperidine rings is 1. The summed E-state index contributed by atoms with van der Waals surface area (Å²) in [6, 6.07) is 3.35. The van der Waals surface area contributed by atoms with Crippen molar-refractivity contribution in [3.8, 4) is 5.75 Å². The zero-order valence-electron chi connectivity index (χ0n) is 21.2. The number of hydrogen-bond donors (Lipinski definition) is 3. The number of aryl methyl sites for hydroxylation is 1. The molecule has 9 nitrogen and oxygen atoms in total. The van der Waals surface area contributed by atoms with E-state index < -0.39 is 14.6 Å². The quantitative estimate of drug-likeness (QED) is 0.388. The van der Waals surface area contributed by atoms with Gasteiger partial charge < -0.3 is 15.4 Å². The Morgan fingerprint density at radius 2 is 1.86 bits per heavy atom. The first-order chi connectivity index (χ1) is 16.6. The summed E-state index contributed by atoms with van der Waals surface area (Å²) < 4.78 is 32.2. The van der Waals surface area contributed by atoms with Gasteiger partial charge in [0.1, 0.15) is 22.8 Å². The molecule has 3 aromatic rings. The number of anilines is 2. The number of H-pyrrole nitrogens is 1. The Labute approximate surface area is 207 Å². The van der Waals surface area contributed by atoms with Crippen LogP contribution in [0, 0.1) is 19.8 Å². The van der Waals surface area contributed by atoms with Crippen LogP contribution in [0.15, 0.2) is 23.4 Å². The largest absolute Gasteiger partial charge is 0.492 e. The number of nitrogens with zero attached hydrogens (tertiary/aromatic N) is 3. The standard InChI is InChI=1S/C25H36N6O3S/c1-16-17(2)30-31-23(16)29-24-19-13-22(35(32,33)25(3,4)5)21(14-20(19)27-15-28-24)34-12-6-7-18-8-10-26-11-9-18/h13-15,18,26H,6-12H2,1-5H3,(H2,27,28,29,30,31). The molecule has 0 amide bonds. The van der Waals surface area contributed by atoms with Crippen LogP contribution in [-0.4, -0.2) is 53.0 Å². The third kappa shape index (κ3) is 5.43. The lowest BCUT2D eigenvalue weighted by molar-refractivity contribution is 0.269. The van der Waals surface area contributed by atoms with Crippen LogP contribution in [0.3, 0.4) is 0 Å². The van der Waals surface area contributed by atoms with Crippen molar-refractivity contribution in [3.63, 3.8) is 0 Å². The molecule has 1 aromatic carbocycles. The first-order valence-corrected chi connectivity index (χ1v) is 13.7. The fourth-order valence-electron chi connectivity index (χ4n) is 4.26. The molecule has 1 fully saturated rings. The van der Waals surface area contributed by atoms with Crippen molar-refractivity contribution in [2.24, 2.45) is 5.92 Å². The smallest absolute Gasteiger partial charge is 0.186 e. The number of aromatic nitrogens is 4. The van der Waals surface area contributed by atoms with Crippen LogP contribution in [-0.2, 0) is 9.84 Å². The Bertz CT molecular complexity index is 1290. The van der Waals surface area contributed by atoms with Gasteiger partial charge in [0.25, 0.3) is 0 Å². The Kier molecular flexibility index (Phi) is 7.32. The highest BCUT2D eigenvalue weighted by Gasteiger charge is 2.34. The maximum Gasteiger partial charge on any atom is 0.186 e. The normalized spacial score (nSPS) is 15.5. The fourth-order valence-corrected chi connectivity index (χ4v) is 5.58. The van der Waals surface area contributed by atoms with E-state index in [1.165, 1.54) is 19.2 Å². The molecule has 3 heterocycles. The molecule has 10 heteroatoms. The minimum absolute atomic E-state index is 0.159. The number of nitrogens with one attached hydrogen (secondary N) is 3. The average Bonchev–Trinajstić information content (AvgIpc) is 3.13. The first-order valence-electron chi connectivity index (χ1n) is 12.2. The van der Waals surface area contributed by atoms with E-state index in [0.29, 0.717) is 40.8 Å². The van der Waals surface area contributed by atoms with Crippen LogP contribution in [0.2, 0.25) is 0 Å². The minimum Gasteiger partial charge on any atom is -0.492 e. The van der Waals surface area contributed by atoms with Crippen LogP contribution in [0.1, 0.15) is 57.7 Å². The van der Waals surface area contributed by atoms with E-state index in [1.54, 1.807) is 32.9 Å². The molecule has 1 aliphatic rings. The van der Waals surface area contributed by atoms with E-state index in [4.69, 9.17) is 4.74 Å². The van der Waals surface area contributed by atoms with Crippen LogP contribution in [0.4, 0.5) is 11.6 Å². The summed E-state index contributed by atoms with van der Waals surface area (Å²) in [5.74, 6) is 2.17. The second-order valence-corrected chi connectivity index (χ2v) is 13.0. The summed E-state index contributed by atoms with van der Waals surface area (Å²) in [6.07, 6.45) is 5.78. The Hall–Kier alpha value is -2.72. The molecule has 35 heavy (non-hydrogen) atoms. The van der Waals surface area contributed by atoms with Gasteiger partial charge in [-0.15, -0.1) is 0 Å². The second kappa shape index (κ2) is 10.1. The Morgan fingerprint density at radius 3 is 2.51 bits per heavy atom. The molecule has 2 aromatic heterocycles. The molecule has 1 aliphatic heterocycles. The maximum absolute atomic E-state index is 13.6. The van der Waals surface area contributed by atoms with Gasteiger partial charge in [0, 0.05) is 22.7 Å². The molecule has 1 saturated heterocycles. The van der Waals surface area contributed by atoms with Crippen molar-refractivity contribution < 1.29 is 13.2 Å².